The van der Waals surface area contributed by atoms with Crippen LogP contribution in [0.4, 0.5) is 17.8 Å². The Morgan fingerprint density at radius 3 is 2.50 bits per heavy atom. The molecule has 0 spiro atoms. The number of aromatic nitrogens is 3. The van der Waals surface area contributed by atoms with E-state index in [9.17, 15) is 0 Å². The molecule has 2 aliphatic rings. The fraction of sp³-hybridized carbons (Fsp3) is 0.786. The van der Waals surface area contributed by atoms with Crippen LogP contribution in [0.1, 0.15) is 38.5 Å². The third-order valence-corrected chi connectivity index (χ3v) is 4.37. The molecule has 1 saturated heterocycles. The Morgan fingerprint density at radius 2 is 1.80 bits per heavy atom. The molecule has 110 valence electrons. The van der Waals surface area contributed by atoms with Gasteiger partial charge in [-0.15, -0.1) is 0 Å². The molecular formula is C14H24N6. The summed E-state index contributed by atoms with van der Waals surface area (Å²) in [5, 5.41) is 0. The molecular weight excluding hydrogens is 252 g/mol. The first-order valence-electron chi connectivity index (χ1n) is 7.70. The smallest absolute Gasteiger partial charge is 0.231 e. The zero-order valence-corrected chi connectivity index (χ0v) is 12.3. The predicted molar refractivity (Wildman–Crippen MR) is 80.9 cm³/mol. The number of anilines is 3. The van der Waals surface area contributed by atoms with Gasteiger partial charge in [0.15, 0.2) is 0 Å². The largest absolute Gasteiger partial charge is 0.368 e. The normalized spacial score (nSPS) is 19.8. The van der Waals surface area contributed by atoms with Gasteiger partial charge in [-0.1, -0.05) is 12.8 Å². The topological polar surface area (TPSA) is 71.2 Å². The maximum atomic E-state index is 5.86. The van der Waals surface area contributed by atoms with Crippen molar-refractivity contribution in [1.82, 2.24) is 15.0 Å². The van der Waals surface area contributed by atoms with Gasteiger partial charge >= 0.3 is 0 Å². The van der Waals surface area contributed by atoms with Crippen molar-refractivity contribution in [1.29, 1.82) is 0 Å². The van der Waals surface area contributed by atoms with Crippen molar-refractivity contribution in [2.24, 2.45) is 5.92 Å². The van der Waals surface area contributed by atoms with Crippen molar-refractivity contribution >= 4 is 17.8 Å². The summed E-state index contributed by atoms with van der Waals surface area (Å²) in [6, 6.07) is 0. The van der Waals surface area contributed by atoms with Gasteiger partial charge < -0.3 is 15.5 Å². The lowest BCUT2D eigenvalue weighted by atomic mass is 10.1. The molecule has 1 aromatic heterocycles. The molecule has 1 saturated carbocycles. The Bertz CT molecular complexity index is 451. The third kappa shape index (κ3) is 2.94. The number of nitrogen functional groups attached to an aromatic ring is 1. The summed E-state index contributed by atoms with van der Waals surface area (Å²) < 4.78 is 0. The van der Waals surface area contributed by atoms with E-state index >= 15 is 0 Å². The quantitative estimate of drug-likeness (QED) is 0.902. The van der Waals surface area contributed by atoms with Gasteiger partial charge in [0, 0.05) is 26.7 Å². The van der Waals surface area contributed by atoms with E-state index in [1.807, 2.05) is 0 Å². The molecule has 0 unspecified atom stereocenters. The second-order valence-corrected chi connectivity index (χ2v) is 6.02. The minimum absolute atomic E-state index is 0.329. The first-order chi connectivity index (χ1) is 9.72. The van der Waals surface area contributed by atoms with Crippen LogP contribution < -0.4 is 15.5 Å². The lowest BCUT2D eigenvalue weighted by Gasteiger charge is -2.23. The number of nitrogens with two attached hydrogens (primary N) is 1. The van der Waals surface area contributed by atoms with Crippen LogP contribution in [-0.2, 0) is 0 Å². The van der Waals surface area contributed by atoms with Crippen molar-refractivity contribution in [2.45, 2.75) is 38.5 Å². The summed E-state index contributed by atoms with van der Waals surface area (Å²) >= 11 is 0. The molecule has 2 fully saturated rings. The van der Waals surface area contributed by atoms with Crippen molar-refractivity contribution in [2.75, 3.05) is 42.2 Å². The van der Waals surface area contributed by atoms with E-state index in [1.165, 1.54) is 38.5 Å². The molecule has 2 heterocycles. The lowest BCUT2D eigenvalue weighted by molar-refractivity contribution is 0.542. The maximum Gasteiger partial charge on any atom is 0.231 e. The second-order valence-electron chi connectivity index (χ2n) is 6.02. The molecule has 0 aromatic carbocycles. The van der Waals surface area contributed by atoms with E-state index in [-0.39, 0.29) is 0 Å². The average Bonchev–Trinajstić information content (AvgIpc) is 3.11. The van der Waals surface area contributed by atoms with Gasteiger partial charge in [0.25, 0.3) is 0 Å². The van der Waals surface area contributed by atoms with E-state index in [1.54, 1.807) is 0 Å². The van der Waals surface area contributed by atoms with Gasteiger partial charge in [0.2, 0.25) is 17.8 Å². The van der Waals surface area contributed by atoms with Crippen LogP contribution in [0.3, 0.4) is 0 Å². The van der Waals surface area contributed by atoms with Gasteiger partial charge in [0.1, 0.15) is 0 Å². The first kappa shape index (κ1) is 13.4. The summed E-state index contributed by atoms with van der Waals surface area (Å²) in [6.07, 6.45) is 7.78. The zero-order valence-electron chi connectivity index (χ0n) is 12.3. The molecule has 3 rings (SSSR count). The molecule has 1 aromatic rings. The molecule has 1 aliphatic heterocycles. The van der Waals surface area contributed by atoms with Crippen molar-refractivity contribution in [3.8, 4) is 0 Å². The highest BCUT2D eigenvalue weighted by atomic mass is 15.3. The summed E-state index contributed by atoms with van der Waals surface area (Å²) in [7, 11) is 2.06. The Hall–Kier alpha value is -1.59. The van der Waals surface area contributed by atoms with Crippen LogP contribution in [0.5, 0.6) is 0 Å². The standard InChI is InChI=1S/C14H24N6/c1-19(10-11-6-2-3-7-11)13-16-12(15)17-14(18-13)20-8-4-5-9-20/h11H,2-10H2,1H3,(H2,15,16,17,18). The highest BCUT2D eigenvalue weighted by Gasteiger charge is 2.21. The molecule has 0 radical (unpaired) electrons. The van der Waals surface area contributed by atoms with Crippen LogP contribution in [0, 0.1) is 5.92 Å². The Labute approximate surface area is 120 Å². The third-order valence-electron chi connectivity index (χ3n) is 4.37. The van der Waals surface area contributed by atoms with Gasteiger partial charge in [-0.3, -0.25) is 0 Å². The average molecular weight is 276 g/mol. The zero-order chi connectivity index (χ0) is 13.9. The molecule has 20 heavy (non-hydrogen) atoms. The maximum absolute atomic E-state index is 5.86. The van der Waals surface area contributed by atoms with E-state index < -0.39 is 0 Å². The predicted octanol–water partition coefficient (Wildman–Crippen LogP) is 1.68. The van der Waals surface area contributed by atoms with Crippen LogP contribution in [-0.4, -0.2) is 41.6 Å². The SMILES string of the molecule is CN(CC1CCCC1)c1nc(N)nc(N2CCCC2)n1. The number of nitrogens with zero attached hydrogens (tertiary/aromatic N) is 5. The molecule has 1 aliphatic carbocycles. The monoisotopic (exact) mass is 276 g/mol. The summed E-state index contributed by atoms with van der Waals surface area (Å²) in [4.78, 5) is 17.5. The van der Waals surface area contributed by atoms with Gasteiger partial charge in [-0.2, -0.15) is 15.0 Å². The number of hydrogen-bond donors (Lipinski definition) is 1. The summed E-state index contributed by atoms with van der Waals surface area (Å²) in [6.45, 7) is 3.06. The van der Waals surface area contributed by atoms with E-state index in [2.05, 4.69) is 31.8 Å². The summed E-state index contributed by atoms with van der Waals surface area (Å²) in [5.74, 6) is 2.55. The Balaban J connectivity index is 1.74. The fourth-order valence-electron chi connectivity index (χ4n) is 3.26. The molecule has 0 amide bonds. The van der Waals surface area contributed by atoms with Crippen molar-refractivity contribution in [3.05, 3.63) is 0 Å². The molecule has 0 atom stereocenters. The van der Waals surface area contributed by atoms with Crippen LogP contribution in [0.15, 0.2) is 0 Å². The van der Waals surface area contributed by atoms with Gasteiger partial charge in [-0.05, 0) is 31.6 Å². The highest BCUT2D eigenvalue weighted by molar-refractivity contribution is 5.43. The highest BCUT2D eigenvalue weighted by Crippen LogP contribution is 2.26. The van der Waals surface area contributed by atoms with Crippen molar-refractivity contribution in [3.63, 3.8) is 0 Å². The number of rotatable bonds is 4. The van der Waals surface area contributed by atoms with Crippen molar-refractivity contribution < 1.29 is 0 Å². The Morgan fingerprint density at radius 1 is 1.10 bits per heavy atom. The van der Waals surface area contributed by atoms with Crippen LogP contribution in [0.2, 0.25) is 0 Å². The van der Waals surface area contributed by atoms with E-state index in [4.69, 9.17) is 5.73 Å². The molecule has 2 N–H and O–H groups in total. The first-order valence-corrected chi connectivity index (χ1v) is 7.70. The lowest BCUT2D eigenvalue weighted by Crippen LogP contribution is -2.28. The molecule has 6 heteroatoms. The van der Waals surface area contributed by atoms with Gasteiger partial charge in [0.05, 0.1) is 0 Å². The second kappa shape index (κ2) is 5.81. The van der Waals surface area contributed by atoms with Crippen LogP contribution in [0.25, 0.3) is 0 Å². The fourth-order valence-corrected chi connectivity index (χ4v) is 3.26. The number of hydrogen-bond acceptors (Lipinski definition) is 6. The van der Waals surface area contributed by atoms with E-state index in [0.717, 1.165) is 31.5 Å². The summed E-state index contributed by atoms with van der Waals surface area (Å²) in [5.41, 5.74) is 5.86. The van der Waals surface area contributed by atoms with E-state index in [0.29, 0.717) is 11.9 Å². The minimum Gasteiger partial charge on any atom is -0.368 e. The molecule has 0 bridgehead atoms. The van der Waals surface area contributed by atoms with Crippen LogP contribution >= 0.6 is 0 Å². The molecule has 6 nitrogen and oxygen atoms in total. The Kier molecular flexibility index (Phi) is 3.89. The van der Waals surface area contributed by atoms with Gasteiger partial charge in [-0.25, -0.2) is 0 Å². The minimum atomic E-state index is 0.329.